The molecule has 1 aromatic heterocycles. The number of ether oxygens (including phenoxy) is 3. The van der Waals surface area contributed by atoms with Crippen molar-refractivity contribution in [2.75, 3.05) is 25.4 Å². The minimum absolute atomic E-state index is 0.0127. The molecule has 4 aromatic rings. The van der Waals surface area contributed by atoms with Crippen LogP contribution in [-0.4, -0.2) is 35.5 Å². The average Bonchev–Trinajstić information content (AvgIpc) is 3.00. The summed E-state index contributed by atoms with van der Waals surface area (Å²) in [6, 6.07) is 17.8. The first-order chi connectivity index (χ1) is 20.6. The largest absolute Gasteiger partial charge is 0.497 e. The van der Waals surface area contributed by atoms with Crippen LogP contribution >= 0.6 is 23.4 Å². The Morgan fingerprint density at radius 1 is 0.977 bits per heavy atom. The van der Waals surface area contributed by atoms with E-state index in [2.05, 4.69) is 9.97 Å². The Hall–Kier alpha value is -3.67. The number of nitrogens with zero attached hydrogens (tertiary/aromatic N) is 3. The van der Waals surface area contributed by atoms with Crippen LogP contribution in [0.15, 0.2) is 65.8 Å². The molecule has 5 rings (SSSR count). The Kier molecular flexibility index (Phi) is 9.24. The van der Waals surface area contributed by atoms with E-state index in [0.717, 1.165) is 11.1 Å². The molecule has 0 saturated carbocycles. The molecule has 0 amide bonds. The first kappa shape index (κ1) is 30.8. The molecule has 0 saturated heterocycles. The Morgan fingerprint density at radius 2 is 1.56 bits per heavy atom. The van der Waals surface area contributed by atoms with E-state index >= 15 is 0 Å². The van der Waals surface area contributed by atoms with E-state index in [1.165, 1.54) is 23.9 Å². The fourth-order valence-corrected chi connectivity index (χ4v) is 5.72. The number of fused-ring (bicyclic) bond motifs is 1. The maximum Gasteiger partial charge on any atom is 0.418 e. The highest BCUT2D eigenvalue weighted by Gasteiger charge is 2.40. The van der Waals surface area contributed by atoms with E-state index in [4.69, 9.17) is 25.8 Å². The van der Waals surface area contributed by atoms with Crippen molar-refractivity contribution >= 4 is 29.1 Å². The van der Waals surface area contributed by atoms with Crippen LogP contribution in [0.2, 0.25) is 5.02 Å². The molecule has 2 heterocycles. The first-order valence-electron chi connectivity index (χ1n) is 13.3. The van der Waals surface area contributed by atoms with Crippen LogP contribution < -0.4 is 14.4 Å². The standard InChI is InChI=1S/C31H29ClF3N3O4S/c1-40-21-8-4-18(5-9-21)15-38(16-19-6-10-22(41-2)11-7-19)20-12-23(28(25(32)13-20)31(33,34)35)27-14-26-24(17-42-27)29(39)37-30(36-26)43-3/h4-13,27H,14-17H2,1-3H3,(H,36,37,39). The monoisotopic (exact) mass is 631 g/mol. The van der Waals surface area contributed by atoms with E-state index < -0.39 is 22.9 Å². The molecule has 0 fully saturated rings. The van der Waals surface area contributed by atoms with Crippen LogP contribution in [0.3, 0.4) is 0 Å². The van der Waals surface area contributed by atoms with Gasteiger partial charge in [-0.1, -0.05) is 47.6 Å². The summed E-state index contributed by atoms with van der Waals surface area (Å²) < 4.78 is 59.9. The van der Waals surface area contributed by atoms with Crippen LogP contribution in [0.5, 0.6) is 17.4 Å². The van der Waals surface area contributed by atoms with Gasteiger partial charge >= 0.3 is 6.18 Å². The number of rotatable bonds is 9. The third kappa shape index (κ3) is 6.95. The summed E-state index contributed by atoms with van der Waals surface area (Å²) in [5.41, 5.74) is 2.09. The lowest BCUT2D eigenvalue weighted by molar-refractivity contribution is -0.139. The summed E-state index contributed by atoms with van der Waals surface area (Å²) in [4.78, 5) is 10.4. The van der Waals surface area contributed by atoms with Gasteiger partial charge in [0.25, 0.3) is 0 Å². The molecule has 7 nitrogen and oxygen atoms in total. The van der Waals surface area contributed by atoms with Gasteiger partial charge in [0.2, 0.25) is 5.88 Å². The van der Waals surface area contributed by atoms with E-state index in [1.54, 1.807) is 20.5 Å². The second-order valence-electron chi connectivity index (χ2n) is 9.90. The molecule has 0 spiro atoms. The zero-order valence-electron chi connectivity index (χ0n) is 23.6. The number of methoxy groups -OCH3 is 2. The number of halogens is 4. The summed E-state index contributed by atoms with van der Waals surface area (Å²) in [5.74, 6) is 1.15. The SMILES string of the molecule is COc1ccc(CN(Cc2ccc(OC)cc2)c2cc(Cl)c(C(F)(F)F)c(C3Cc4nc(SC)nc(O)c4CO3)c2)cc1. The number of anilines is 1. The molecule has 1 N–H and O–H groups in total. The van der Waals surface area contributed by atoms with Crippen molar-refractivity contribution in [1.29, 1.82) is 0 Å². The normalized spacial score (nSPS) is 14.7. The third-order valence-corrected chi connectivity index (χ3v) is 8.05. The molecule has 43 heavy (non-hydrogen) atoms. The molecular formula is C31H29ClF3N3O4S. The Bertz CT molecular complexity index is 1540. The van der Waals surface area contributed by atoms with E-state index in [9.17, 15) is 18.3 Å². The molecule has 1 unspecified atom stereocenters. The fourth-order valence-electron chi connectivity index (χ4n) is 5.01. The smallest absolute Gasteiger partial charge is 0.418 e. The summed E-state index contributed by atoms with van der Waals surface area (Å²) in [5, 5.41) is 10.2. The number of aromatic hydroxyl groups is 1. The average molecular weight is 632 g/mol. The van der Waals surface area contributed by atoms with Crippen molar-refractivity contribution in [2.45, 2.75) is 43.6 Å². The number of aromatic nitrogens is 2. The number of hydrogen-bond acceptors (Lipinski definition) is 8. The van der Waals surface area contributed by atoms with Gasteiger partial charge in [-0.25, -0.2) is 4.98 Å². The Morgan fingerprint density at radius 3 is 2.07 bits per heavy atom. The zero-order valence-corrected chi connectivity index (χ0v) is 25.2. The maximum atomic E-state index is 14.5. The molecular weight excluding hydrogens is 603 g/mol. The molecule has 1 atom stereocenters. The second kappa shape index (κ2) is 12.9. The lowest BCUT2D eigenvalue weighted by Crippen LogP contribution is -2.25. The summed E-state index contributed by atoms with van der Waals surface area (Å²) >= 11 is 7.67. The topological polar surface area (TPSA) is 76.9 Å². The summed E-state index contributed by atoms with van der Waals surface area (Å²) in [6.45, 7) is 0.619. The quantitative estimate of drug-likeness (QED) is 0.149. The number of thioether (sulfide) groups is 1. The lowest BCUT2D eigenvalue weighted by Gasteiger charge is -2.31. The van der Waals surface area contributed by atoms with Gasteiger partial charge in [0.05, 0.1) is 48.8 Å². The summed E-state index contributed by atoms with van der Waals surface area (Å²) in [7, 11) is 3.16. The summed E-state index contributed by atoms with van der Waals surface area (Å²) in [6.07, 6.45) is -3.97. The van der Waals surface area contributed by atoms with Crippen molar-refractivity contribution in [3.63, 3.8) is 0 Å². The van der Waals surface area contributed by atoms with Gasteiger partial charge < -0.3 is 24.2 Å². The second-order valence-corrected chi connectivity index (χ2v) is 11.1. The van der Waals surface area contributed by atoms with Gasteiger partial charge in [-0.2, -0.15) is 18.2 Å². The van der Waals surface area contributed by atoms with E-state index in [0.29, 0.717) is 46.7 Å². The highest BCUT2D eigenvalue weighted by molar-refractivity contribution is 7.98. The maximum absolute atomic E-state index is 14.5. The molecule has 0 bridgehead atoms. The highest BCUT2D eigenvalue weighted by atomic mass is 35.5. The molecule has 226 valence electrons. The van der Waals surface area contributed by atoms with Crippen LogP contribution in [0.1, 0.15) is 39.6 Å². The van der Waals surface area contributed by atoms with E-state index in [-0.39, 0.29) is 24.5 Å². The minimum atomic E-state index is -4.73. The Balaban J connectivity index is 1.58. The van der Waals surface area contributed by atoms with Crippen LogP contribution in [0.25, 0.3) is 0 Å². The van der Waals surface area contributed by atoms with Crippen molar-refractivity contribution in [3.05, 3.63) is 99.2 Å². The van der Waals surface area contributed by atoms with Gasteiger partial charge in [0.15, 0.2) is 5.16 Å². The highest BCUT2D eigenvalue weighted by Crippen LogP contribution is 2.45. The predicted octanol–water partition coefficient (Wildman–Crippen LogP) is 7.61. The molecule has 12 heteroatoms. The number of alkyl halides is 3. The fraction of sp³-hybridized carbons (Fsp3) is 0.290. The third-order valence-electron chi connectivity index (χ3n) is 7.21. The van der Waals surface area contributed by atoms with Crippen molar-refractivity contribution in [1.82, 2.24) is 9.97 Å². The van der Waals surface area contributed by atoms with Crippen molar-refractivity contribution < 1.29 is 32.5 Å². The number of benzene rings is 3. The van der Waals surface area contributed by atoms with Crippen molar-refractivity contribution in [3.8, 4) is 17.4 Å². The van der Waals surface area contributed by atoms with Gasteiger partial charge in [-0.05, 0) is 59.3 Å². The minimum Gasteiger partial charge on any atom is -0.497 e. The van der Waals surface area contributed by atoms with Gasteiger partial charge in [-0.3, -0.25) is 0 Å². The van der Waals surface area contributed by atoms with Crippen LogP contribution in [0, 0.1) is 0 Å². The molecule has 0 aliphatic carbocycles. The van der Waals surface area contributed by atoms with Gasteiger partial charge in [0, 0.05) is 25.2 Å². The molecule has 1 aliphatic rings. The van der Waals surface area contributed by atoms with E-state index in [1.807, 2.05) is 53.4 Å². The van der Waals surface area contributed by atoms with Crippen LogP contribution in [-0.2, 0) is 37.0 Å². The van der Waals surface area contributed by atoms with Crippen molar-refractivity contribution in [2.24, 2.45) is 0 Å². The lowest BCUT2D eigenvalue weighted by atomic mass is 9.94. The zero-order chi connectivity index (χ0) is 30.7. The molecule has 3 aromatic carbocycles. The first-order valence-corrected chi connectivity index (χ1v) is 14.9. The Labute approximate surface area is 256 Å². The number of hydrogen-bond donors (Lipinski definition) is 1. The molecule has 1 aliphatic heterocycles. The van der Waals surface area contributed by atoms with Gasteiger partial charge in [0.1, 0.15) is 11.5 Å². The van der Waals surface area contributed by atoms with Crippen LogP contribution in [0.4, 0.5) is 18.9 Å². The van der Waals surface area contributed by atoms with Gasteiger partial charge in [-0.15, -0.1) is 0 Å². The molecule has 0 radical (unpaired) electrons. The predicted molar refractivity (Wildman–Crippen MR) is 159 cm³/mol.